The van der Waals surface area contributed by atoms with Gasteiger partial charge in [0, 0.05) is 12.6 Å². The van der Waals surface area contributed by atoms with E-state index in [9.17, 15) is 4.79 Å². The molecule has 0 aliphatic carbocycles. The molecule has 0 aromatic carbocycles. The third kappa shape index (κ3) is 7.03. The molecule has 64 valence electrons. The Balaban J connectivity index is 3.54. The number of carbonyl (C=O) groups is 1. The monoisotopic (exact) mass is 156 g/mol. The van der Waals surface area contributed by atoms with Crippen LogP contribution in [0.15, 0.2) is 5.10 Å². The van der Waals surface area contributed by atoms with Crippen molar-refractivity contribution in [2.75, 3.05) is 0 Å². The average Bonchev–Trinajstić information content (AvgIpc) is 1.97. The lowest BCUT2D eigenvalue weighted by Gasteiger charge is -1.97. The molecule has 3 nitrogen and oxygen atoms in total. The van der Waals surface area contributed by atoms with Gasteiger partial charge in [0.25, 0.3) is 0 Å². The van der Waals surface area contributed by atoms with Crippen molar-refractivity contribution in [3.63, 3.8) is 0 Å². The van der Waals surface area contributed by atoms with Crippen molar-refractivity contribution in [3.8, 4) is 0 Å². The molecule has 0 aliphatic heterocycles. The quantitative estimate of drug-likeness (QED) is 0.488. The van der Waals surface area contributed by atoms with Gasteiger partial charge in [-0.2, -0.15) is 5.10 Å². The Labute approximate surface area is 67.9 Å². The van der Waals surface area contributed by atoms with E-state index in [0.29, 0.717) is 0 Å². The first-order chi connectivity index (χ1) is 5.16. The van der Waals surface area contributed by atoms with Gasteiger partial charge < -0.3 is 0 Å². The number of nitrogens with one attached hydrogen (secondary N) is 1. The highest BCUT2D eigenvalue weighted by Gasteiger charge is 1.91. The van der Waals surface area contributed by atoms with Crippen molar-refractivity contribution >= 4 is 11.6 Å². The minimum atomic E-state index is -0.110. The molecule has 0 spiro atoms. The topological polar surface area (TPSA) is 41.5 Å². The summed E-state index contributed by atoms with van der Waals surface area (Å²) < 4.78 is 0. The van der Waals surface area contributed by atoms with Crippen molar-refractivity contribution in [1.29, 1.82) is 0 Å². The summed E-state index contributed by atoms with van der Waals surface area (Å²) in [5.74, 6) is -0.110. The zero-order valence-electron chi connectivity index (χ0n) is 7.48. The molecule has 0 heterocycles. The van der Waals surface area contributed by atoms with Crippen molar-refractivity contribution in [2.45, 2.75) is 40.0 Å². The van der Waals surface area contributed by atoms with Crippen LogP contribution in [0.2, 0.25) is 0 Å². The zero-order valence-corrected chi connectivity index (χ0v) is 7.48. The van der Waals surface area contributed by atoms with Crippen LogP contribution < -0.4 is 5.43 Å². The van der Waals surface area contributed by atoms with Crippen molar-refractivity contribution in [1.82, 2.24) is 5.43 Å². The Morgan fingerprint density at radius 2 is 2.09 bits per heavy atom. The van der Waals surface area contributed by atoms with Crippen LogP contribution in [0.1, 0.15) is 40.0 Å². The van der Waals surface area contributed by atoms with Gasteiger partial charge in [0.2, 0.25) is 5.91 Å². The maximum atomic E-state index is 10.4. The molecule has 0 fully saturated rings. The summed E-state index contributed by atoms with van der Waals surface area (Å²) in [6.07, 6.45) is 3.26. The van der Waals surface area contributed by atoms with E-state index in [4.69, 9.17) is 0 Å². The van der Waals surface area contributed by atoms with Crippen LogP contribution in [0.4, 0.5) is 0 Å². The fourth-order valence-corrected chi connectivity index (χ4v) is 0.663. The van der Waals surface area contributed by atoms with Gasteiger partial charge in [-0.1, -0.05) is 13.3 Å². The SMILES string of the molecule is CCCC/C(C)=N/NC(C)=O. The van der Waals surface area contributed by atoms with Crippen molar-refractivity contribution < 1.29 is 4.79 Å². The van der Waals surface area contributed by atoms with Crippen LogP contribution >= 0.6 is 0 Å². The molecule has 0 atom stereocenters. The Morgan fingerprint density at radius 1 is 1.45 bits per heavy atom. The molecule has 0 unspecified atom stereocenters. The van der Waals surface area contributed by atoms with Gasteiger partial charge in [-0.3, -0.25) is 4.79 Å². The first kappa shape index (κ1) is 10.1. The average molecular weight is 156 g/mol. The largest absolute Gasteiger partial charge is 0.274 e. The minimum absolute atomic E-state index is 0.110. The number of unbranched alkanes of at least 4 members (excludes halogenated alkanes) is 1. The lowest BCUT2D eigenvalue weighted by atomic mass is 10.2. The van der Waals surface area contributed by atoms with Gasteiger partial charge in [-0.25, -0.2) is 5.43 Å². The van der Waals surface area contributed by atoms with Gasteiger partial charge in [0.1, 0.15) is 0 Å². The summed E-state index contributed by atoms with van der Waals surface area (Å²) in [5.41, 5.74) is 3.39. The van der Waals surface area contributed by atoms with E-state index in [-0.39, 0.29) is 5.91 Å². The first-order valence-electron chi connectivity index (χ1n) is 3.96. The predicted molar refractivity (Wildman–Crippen MR) is 46.5 cm³/mol. The first-order valence-corrected chi connectivity index (χ1v) is 3.96. The lowest BCUT2D eigenvalue weighted by Crippen LogP contribution is -2.14. The normalized spacial score (nSPS) is 11.4. The fraction of sp³-hybridized carbons (Fsp3) is 0.750. The Morgan fingerprint density at radius 3 is 2.55 bits per heavy atom. The Kier molecular flexibility index (Phi) is 5.43. The second-order valence-corrected chi connectivity index (χ2v) is 2.62. The second-order valence-electron chi connectivity index (χ2n) is 2.62. The molecule has 3 heteroatoms. The molecular weight excluding hydrogens is 140 g/mol. The molecule has 0 aromatic heterocycles. The minimum Gasteiger partial charge on any atom is -0.274 e. The number of carbonyl (C=O) groups excluding carboxylic acids is 1. The van der Waals surface area contributed by atoms with Gasteiger partial charge in [0.15, 0.2) is 0 Å². The number of hydrogen-bond acceptors (Lipinski definition) is 2. The van der Waals surface area contributed by atoms with E-state index in [1.807, 2.05) is 6.92 Å². The highest BCUT2D eigenvalue weighted by Crippen LogP contribution is 1.95. The number of amides is 1. The molecule has 0 saturated carbocycles. The van der Waals surface area contributed by atoms with Gasteiger partial charge in [-0.05, 0) is 19.8 Å². The Hall–Kier alpha value is -0.860. The van der Waals surface area contributed by atoms with Crippen molar-refractivity contribution in [3.05, 3.63) is 0 Å². The summed E-state index contributed by atoms with van der Waals surface area (Å²) in [6, 6.07) is 0. The summed E-state index contributed by atoms with van der Waals surface area (Å²) >= 11 is 0. The molecule has 0 aromatic rings. The zero-order chi connectivity index (χ0) is 8.69. The van der Waals surface area contributed by atoms with E-state index in [1.54, 1.807) is 0 Å². The van der Waals surface area contributed by atoms with Crippen LogP contribution in [0.5, 0.6) is 0 Å². The van der Waals surface area contributed by atoms with Crippen LogP contribution in [-0.2, 0) is 4.79 Å². The van der Waals surface area contributed by atoms with Crippen LogP contribution in [-0.4, -0.2) is 11.6 Å². The van der Waals surface area contributed by atoms with Crippen LogP contribution in [0, 0.1) is 0 Å². The van der Waals surface area contributed by atoms with Crippen LogP contribution in [0.25, 0.3) is 0 Å². The highest BCUT2D eigenvalue weighted by atomic mass is 16.2. The van der Waals surface area contributed by atoms with E-state index >= 15 is 0 Å². The van der Waals surface area contributed by atoms with E-state index in [1.165, 1.54) is 6.92 Å². The lowest BCUT2D eigenvalue weighted by molar-refractivity contribution is -0.118. The highest BCUT2D eigenvalue weighted by molar-refractivity contribution is 5.83. The molecule has 11 heavy (non-hydrogen) atoms. The van der Waals surface area contributed by atoms with E-state index in [2.05, 4.69) is 17.5 Å². The maximum Gasteiger partial charge on any atom is 0.236 e. The molecule has 1 amide bonds. The maximum absolute atomic E-state index is 10.4. The Bertz CT molecular complexity index is 152. The number of hydrazone groups is 1. The van der Waals surface area contributed by atoms with Crippen molar-refractivity contribution in [2.24, 2.45) is 5.10 Å². The van der Waals surface area contributed by atoms with Crippen LogP contribution in [0.3, 0.4) is 0 Å². The van der Waals surface area contributed by atoms with E-state index < -0.39 is 0 Å². The summed E-state index contributed by atoms with van der Waals surface area (Å²) in [5, 5.41) is 3.88. The second kappa shape index (κ2) is 5.89. The molecule has 0 aliphatic rings. The third-order valence-electron chi connectivity index (χ3n) is 1.30. The number of nitrogens with zero attached hydrogens (tertiary/aromatic N) is 1. The molecule has 0 radical (unpaired) electrons. The van der Waals surface area contributed by atoms with Gasteiger partial charge in [0.05, 0.1) is 0 Å². The van der Waals surface area contributed by atoms with Gasteiger partial charge in [-0.15, -0.1) is 0 Å². The molecule has 0 bridgehead atoms. The number of hydrogen-bond donors (Lipinski definition) is 1. The molecule has 0 rings (SSSR count). The summed E-state index contributed by atoms with van der Waals surface area (Å²) in [7, 11) is 0. The third-order valence-corrected chi connectivity index (χ3v) is 1.30. The predicted octanol–water partition coefficient (Wildman–Crippen LogP) is 1.69. The standard InChI is InChI=1S/C8H16N2O/c1-4-5-6-7(2)9-10-8(3)11/h4-6H2,1-3H3,(H,10,11)/b9-7+. The van der Waals surface area contributed by atoms with E-state index in [0.717, 1.165) is 25.0 Å². The molecule has 1 N–H and O–H groups in total. The summed E-state index contributed by atoms with van der Waals surface area (Å²) in [4.78, 5) is 10.4. The smallest absolute Gasteiger partial charge is 0.236 e. The molecular formula is C8H16N2O. The number of rotatable bonds is 4. The fourth-order valence-electron chi connectivity index (χ4n) is 0.663. The summed E-state index contributed by atoms with van der Waals surface area (Å²) in [6.45, 7) is 5.51. The van der Waals surface area contributed by atoms with Gasteiger partial charge >= 0.3 is 0 Å². The molecule has 0 saturated heterocycles.